The Morgan fingerprint density at radius 3 is 2.52 bits per heavy atom. The molecule has 0 radical (unpaired) electrons. The van der Waals surface area contributed by atoms with Crippen molar-refractivity contribution in [2.75, 3.05) is 12.4 Å². The summed E-state index contributed by atoms with van der Waals surface area (Å²) in [6.45, 7) is 3.55. The molecule has 0 atom stereocenters. The molecule has 1 aromatic carbocycles. The Kier molecular flexibility index (Phi) is 5.52. The second-order valence-electron chi connectivity index (χ2n) is 6.18. The van der Waals surface area contributed by atoms with Gasteiger partial charge in [0.15, 0.2) is 5.76 Å². The molecule has 0 saturated heterocycles. The number of nitrogens with one attached hydrogen (secondary N) is 1. The summed E-state index contributed by atoms with van der Waals surface area (Å²) in [4.78, 5) is 25.4. The number of alkyl halides is 3. The van der Waals surface area contributed by atoms with Crippen LogP contribution >= 0.6 is 11.3 Å². The molecule has 0 aliphatic carbocycles. The first-order valence-electron chi connectivity index (χ1n) is 8.39. The van der Waals surface area contributed by atoms with E-state index < -0.39 is 23.6 Å². The van der Waals surface area contributed by atoms with E-state index in [0.717, 1.165) is 17.0 Å². The van der Waals surface area contributed by atoms with Crippen LogP contribution < -0.4 is 5.32 Å². The van der Waals surface area contributed by atoms with Crippen LogP contribution in [0.2, 0.25) is 0 Å². The van der Waals surface area contributed by atoms with Crippen LogP contribution in [-0.2, 0) is 10.9 Å². The van der Waals surface area contributed by atoms with Crippen molar-refractivity contribution in [2.45, 2.75) is 20.0 Å². The zero-order chi connectivity index (χ0) is 21.3. The third kappa shape index (κ3) is 4.19. The first-order valence-corrected chi connectivity index (χ1v) is 9.20. The molecule has 5 nitrogen and oxygen atoms in total. The lowest BCUT2D eigenvalue weighted by atomic mass is 10.1. The van der Waals surface area contributed by atoms with Crippen LogP contribution in [0.3, 0.4) is 0 Å². The number of halogens is 3. The van der Waals surface area contributed by atoms with Crippen molar-refractivity contribution in [3.63, 3.8) is 0 Å². The molecular formula is C20H16F3NO4S. The number of carbonyl (C=O) groups is 2. The molecule has 2 aromatic heterocycles. The van der Waals surface area contributed by atoms with Crippen LogP contribution in [0.15, 0.2) is 40.8 Å². The molecule has 1 N–H and O–H groups in total. The predicted octanol–water partition coefficient (Wildman–Crippen LogP) is 5.68. The third-order valence-corrected chi connectivity index (χ3v) is 5.43. The number of benzene rings is 1. The van der Waals surface area contributed by atoms with Gasteiger partial charge in [0.25, 0.3) is 5.91 Å². The maximum absolute atomic E-state index is 12.9. The number of methoxy groups -OCH3 is 1. The first kappa shape index (κ1) is 20.7. The predicted molar refractivity (Wildman–Crippen MR) is 102 cm³/mol. The van der Waals surface area contributed by atoms with Gasteiger partial charge in [-0.2, -0.15) is 13.2 Å². The first-order chi connectivity index (χ1) is 13.6. The monoisotopic (exact) mass is 423 g/mol. The lowest BCUT2D eigenvalue weighted by molar-refractivity contribution is -0.137. The molecular weight excluding hydrogens is 407 g/mol. The van der Waals surface area contributed by atoms with Crippen LogP contribution in [0.25, 0.3) is 11.3 Å². The molecule has 3 aromatic rings. The summed E-state index contributed by atoms with van der Waals surface area (Å²) in [6, 6.07) is 7.39. The SMILES string of the molecule is COC(=O)c1c(NC(=O)c2ccc(-c3cccc(C(F)(F)F)c3)o2)sc(C)c1C. The normalized spacial score (nSPS) is 11.4. The number of rotatable bonds is 4. The van der Waals surface area contributed by atoms with Crippen LogP contribution in [-0.4, -0.2) is 19.0 Å². The fraction of sp³-hybridized carbons (Fsp3) is 0.200. The average molecular weight is 423 g/mol. The number of ether oxygens (including phenoxy) is 1. The zero-order valence-electron chi connectivity index (χ0n) is 15.6. The number of esters is 1. The van der Waals surface area contributed by atoms with Gasteiger partial charge in [-0.1, -0.05) is 12.1 Å². The minimum absolute atomic E-state index is 0.100. The number of aryl methyl sites for hydroxylation is 1. The highest BCUT2D eigenvalue weighted by molar-refractivity contribution is 7.16. The van der Waals surface area contributed by atoms with Gasteiger partial charge in [-0.3, -0.25) is 4.79 Å². The van der Waals surface area contributed by atoms with E-state index in [0.29, 0.717) is 10.6 Å². The Bertz CT molecular complexity index is 1080. The molecule has 0 spiro atoms. The summed E-state index contributed by atoms with van der Waals surface area (Å²) in [6.07, 6.45) is -4.48. The molecule has 1 amide bonds. The highest BCUT2D eigenvalue weighted by atomic mass is 32.1. The molecule has 3 rings (SSSR count). The van der Waals surface area contributed by atoms with E-state index in [1.807, 2.05) is 0 Å². The Morgan fingerprint density at radius 1 is 1.14 bits per heavy atom. The Hall–Kier alpha value is -3.07. The Morgan fingerprint density at radius 2 is 1.86 bits per heavy atom. The van der Waals surface area contributed by atoms with Gasteiger partial charge >= 0.3 is 12.1 Å². The van der Waals surface area contributed by atoms with Gasteiger partial charge in [-0.15, -0.1) is 11.3 Å². The summed E-state index contributed by atoms with van der Waals surface area (Å²) >= 11 is 1.22. The van der Waals surface area contributed by atoms with Gasteiger partial charge in [0.1, 0.15) is 10.8 Å². The van der Waals surface area contributed by atoms with Gasteiger partial charge in [0, 0.05) is 10.4 Å². The van der Waals surface area contributed by atoms with E-state index in [4.69, 9.17) is 9.15 Å². The van der Waals surface area contributed by atoms with Crippen molar-refractivity contribution in [3.05, 3.63) is 63.7 Å². The fourth-order valence-corrected chi connectivity index (χ4v) is 3.73. The number of hydrogen-bond donors (Lipinski definition) is 1. The van der Waals surface area contributed by atoms with E-state index >= 15 is 0 Å². The minimum atomic E-state index is -4.48. The number of furan rings is 1. The molecule has 0 unspecified atom stereocenters. The lowest BCUT2D eigenvalue weighted by Gasteiger charge is -2.07. The van der Waals surface area contributed by atoms with Crippen molar-refractivity contribution in [3.8, 4) is 11.3 Å². The third-order valence-electron chi connectivity index (χ3n) is 4.31. The highest BCUT2D eigenvalue weighted by Crippen LogP contribution is 2.35. The number of hydrogen-bond acceptors (Lipinski definition) is 5. The van der Waals surface area contributed by atoms with Gasteiger partial charge in [0.2, 0.25) is 0 Å². The van der Waals surface area contributed by atoms with Gasteiger partial charge < -0.3 is 14.5 Å². The number of thiophene rings is 1. The van der Waals surface area contributed by atoms with Crippen molar-refractivity contribution in [2.24, 2.45) is 0 Å². The number of amides is 1. The quantitative estimate of drug-likeness (QED) is 0.548. The molecule has 9 heteroatoms. The second-order valence-corrected chi connectivity index (χ2v) is 7.40. The van der Waals surface area contributed by atoms with E-state index in [2.05, 4.69) is 5.32 Å². The highest BCUT2D eigenvalue weighted by Gasteiger charge is 2.30. The molecule has 0 saturated carbocycles. The second kappa shape index (κ2) is 7.75. The maximum atomic E-state index is 12.9. The van der Waals surface area contributed by atoms with Gasteiger partial charge in [0.05, 0.1) is 18.2 Å². The summed E-state index contributed by atoms with van der Waals surface area (Å²) in [7, 11) is 1.24. The van der Waals surface area contributed by atoms with E-state index in [-0.39, 0.29) is 22.6 Å². The fourth-order valence-electron chi connectivity index (χ4n) is 2.69. The Labute approximate surface area is 168 Å². The maximum Gasteiger partial charge on any atom is 0.416 e. The van der Waals surface area contributed by atoms with Gasteiger partial charge in [-0.05, 0) is 43.7 Å². The van der Waals surface area contributed by atoms with E-state index in [9.17, 15) is 22.8 Å². The molecule has 2 heterocycles. The molecule has 29 heavy (non-hydrogen) atoms. The molecule has 152 valence electrons. The Balaban J connectivity index is 1.86. The van der Waals surface area contributed by atoms with Crippen molar-refractivity contribution < 1.29 is 31.9 Å². The van der Waals surface area contributed by atoms with Gasteiger partial charge in [-0.25, -0.2) is 4.79 Å². The standard InChI is InChI=1S/C20H16F3NO4S/c1-10-11(2)29-18(16(10)19(26)27-3)24-17(25)15-8-7-14(28-15)12-5-4-6-13(9-12)20(21,22)23/h4-9H,1-3H3,(H,24,25). The van der Waals surface area contributed by atoms with Crippen LogP contribution in [0.4, 0.5) is 18.2 Å². The zero-order valence-corrected chi connectivity index (χ0v) is 16.5. The summed E-state index contributed by atoms with van der Waals surface area (Å²) in [5, 5.41) is 2.92. The molecule has 0 bridgehead atoms. The van der Waals surface area contributed by atoms with Crippen molar-refractivity contribution >= 4 is 28.2 Å². The van der Waals surface area contributed by atoms with E-state index in [1.54, 1.807) is 13.8 Å². The van der Waals surface area contributed by atoms with Crippen molar-refractivity contribution in [1.82, 2.24) is 0 Å². The van der Waals surface area contributed by atoms with Crippen LogP contribution in [0.1, 0.15) is 36.9 Å². The van der Waals surface area contributed by atoms with E-state index in [1.165, 1.54) is 42.7 Å². The molecule has 0 aliphatic heterocycles. The smallest absolute Gasteiger partial charge is 0.416 e. The van der Waals surface area contributed by atoms with Crippen molar-refractivity contribution in [1.29, 1.82) is 0 Å². The summed E-state index contributed by atoms with van der Waals surface area (Å²) in [5.74, 6) is -1.19. The van der Waals surface area contributed by atoms with Crippen LogP contribution in [0.5, 0.6) is 0 Å². The summed E-state index contributed by atoms with van der Waals surface area (Å²) < 4.78 is 48.9. The topological polar surface area (TPSA) is 68.5 Å². The average Bonchev–Trinajstić information content (AvgIpc) is 3.26. The minimum Gasteiger partial charge on any atom is -0.465 e. The number of carbonyl (C=O) groups excluding carboxylic acids is 2. The molecule has 0 aliphatic rings. The van der Waals surface area contributed by atoms with Crippen LogP contribution in [0, 0.1) is 13.8 Å². The lowest BCUT2D eigenvalue weighted by Crippen LogP contribution is -2.13. The largest absolute Gasteiger partial charge is 0.465 e. The summed E-state index contributed by atoms with van der Waals surface area (Å²) in [5.41, 5.74) is 0.329. The molecule has 0 fully saturated rings. The number of anilines is 1.